The molecule has 0 aliphatic rings. The zero-order chi connectivity index (χ0) is 34.1. The van der Waals surface area contributed by atoms with Crippen LogP contribution in [0.2, 0.25) is 0 Å². The minimum Gasteiger partial charge on any atom is -0.493 e. The molecule has 0 bridgehead atoms. The Labute approximate surface area is 261 Å². The summed E-state index contributed by atoms with van der Waals surface area (Å²) in [6, 6.07) is 12.3. The Hall–Kier alpha value is -5.40. The van der Waals surface area contributed by atoms with E-state index >= 15 is 0 Å². The largest absolute Gasteiger partial charge is 0.493 e. The third-order valence-corrected chi connectivity index (χ3v) is 5.53. The van der Waals surface area contributed by atoms with Gasteiger partial charge >= 0.3 is 0 Å². The average Bonchev–Trinajstić information content (AvgIpc) is 2.93. The van der Waals surface area contributed by atoms with E-state index in [1.807, 2.05) is 13.8 Å². The fourth-order valence-electron chi connectivity index (χ4n) is 3.64. The first-order valence-corrected chi connectivity index (χ1v) is 14.1. The van der Waals surface area contributed by atoms with E-state index in [2.05, 4.69) is 22.5 Å². The number of aliphatic carboxylic acids is 2. The fourth-order valence-corrected chi connectivity index (χ4v) is 3.64. The molecule has 1 amide bonds. The predicted octanol–water partition coefficient (Wildman–Crippen LogP) is 3.27. The highest BCUT2D eigenvalue weighted by molar-refractivity contribution is 5.94. The normalized spacial score (nSPS) is 10.0. The lowest BCUT2D eigenvalue weighted by Gasteiger charge is -2.17. The molecule has 3 aromatic rings. The number of carbonyl (C=O) groups is 3. The molecule has 45 heavy (non-hydrogen) atoms. The van der Waals surface area contributed by atoms with Crippen molar-refractivity contribution in [3.8, 4) is 17.0 Å². The summed E-state index contributed by atoms with van der Waals surface area (Å²) >= 11 is 0. The topological polar surface area (TPSA) is 236 Å². The van der Waals surface area contributed by atoms with Crippen molar-refractivity contribution in [1.82, 2.24) is 14.9 Å². The van der Waals surface area contributed by atoms with Crippen LogP contribution in [0.3, 0.4) is 0 Å². The summed E-state index contributed by atoms with van der Waals surface area (Å²) < 4.78 is 7.21. The Kier molecular flexibility index (Phi) is 15.9. The predicted molar refractivity (Wildman–Crippen MR) is 173 cm³/mol. The zero-order valence-corrected chi connectivity index (χ0v) is 26.2. The number of hydrogen-bond acceptors (Lipinski definition) is 9. The van der Waals surface area contributed by atoms with Gasteiger partial charge in [0.2, 0.25) is 5.91 Å². The van der Waals surface area contributed by atoms with Crippen LogP contribution in [0.4, 0.5) is 11.5 Å². The molecule has 9 N–H and O–H groups in total. The summed E-state index contributed by atoms with van der Waals surface area (Å²) in [5, 5.41) is 28.2. The summed E-state index contributed by atoms with van der Waals surface area (Å²) in [7, 11) is 0. The second-order valence-electron chi connectivity index (χ2n) is 10.1. The first-order valence-electron chi connectivity index (χ1n) is 14.1. The van der Waals surface area contributed by atoms with Crippen LogP contribution in [0.25, 0.3) is 11.3 Å². The van der Waals surface area contributed by atoms with Crippen molar-refractivity contribution in [2.24, 2.45) is 5.73 Å². The number of hydrogen-bond donors (Lipinski definition) is 7. The number of nitrogens with zero attached hydrogens (tertiary/aromatic N) is 2. The van der Waals surface area contributed by atoms with Crippen LogP contribution in [-0.2, 0) is 27.5 Å². The zero-order valence-electron chi connectivity index (χ0n) is 26.2. The number of carbonyl (C=O) groups excluding carboxylic acids is 1. The molecule has 1 aromatic heterocycles. The summed E-state index contributed by atoms with van der Waals surface area (Å²) in [6.45, 7) is 8.66. The van der Waals surface area contributed by atoms with Crippen LogP contribution in [0.15, 0.2) is 53.5 Å². The summed E-state index contributed by atoms with van der Waals surface area (Å²) in [5.74, 6) is -1.28. The third kappa shape index (κ3) is 14.6. The number of amidine groups is 1. The lowest BCUT2D eigenvalue weighted by Crippen LogP contribution is -2.35. The van der Waals surface area contributed by atoms with E-state index in [1.165, 1.54) is 4.57 Å². The van der Waals surface area contributed by atoms with Gasteiger partial charge in [-0.2, -0.15) is 0 Å². The van der Waals surface area contributed by atoms with Crippen LogP contribution in [-0.4, -0.2) is 56.1 Å². The van der Waals surface area contributed by atoms with Gasteiger partial charge in [-0.15, -0.1) is 0 Å². The van der Waals surface area contributed by atoms with Crippen LogP contribution >= 0.6 is 0 Å². The van der Waals surface area contributed by atoms with Gasteiger partial charge in [-0.25, -0.2) is 4.98 Å². The van der Waals surface area contributed by atoms with E-state index in [0.29, 0.717) is 34.9 Å². The van der Waals surface area contributed by atoms with Crippen LogP contribution in [0.5, 0.6) is 5.75 Å². The maximum absolute atomic E-state index is 13.4. The SMILES string of the molecule is CC(=O)O.CC(=O)O.CCCCOc1cc(N)cc(-c2cnc(NC(C)C)c(=O)n2CC(=O)NCc2ccc(C(=N)N)cc2)c1. The molecular formula is C31H43N7O7. The quantitative estimate of drug-likeness (QED) is 0.0667. The first kappa shape index (κ1) is 37.6. The smallest absolute Gasteiger partial charge is 0.300 e. The van der Waals surface area contributed by atoms with E-state index in [1.54, 1.807) is 48.7 Å². The number of rotatable bonds is 12. The molecule has 244 valence electrons. The number of aromatic nitrogens is 2. The van der Waals surface area contributed by atoms with E-state index < -0.39 is 17.5 Å². The molecule has 0 unspecified atom stereocenters. The standard InChI is InChI=1S/C27H35N7O3.2C2H4O2/c1-4-5-10-37-22-12-20(11-21(28)13-22)23-15-32-26(33-17(2)3)27(36)34(23)16-24(35)31-14-18-6-8-19(9-7-18)25(29)30;2*1-2(3)4/h6-9,11-13,15,17H,4-5,10,14,16,28H2,1-3H3,(H3,29,30)(H,31,35)(H,32,33);2*1H3,(H,3,4). The van der Waals surface area contributed by atoms with Gasteiger partial charge in [-0.3, -0.25) is 29.2 Å². The number of carboxylic acid groups (broad SMARTS) is 2. The highest BCUT2D eigenvalue weighted by Crippen LogP contribution is 2.27. The van der Waals surface area contributed by atoms with Crippen molar-refractivity contribution >= 4 is 35.2 Å². The lowest BCUT2D eigenvalue weighted by atomic mass is 10.1. The Bertz CT molecular complexity index is 1480. The number of benzene rings is 2. The lowest BCUT2D eigenvalue weighted by molar-refractivity contribution is -0.135. The maximum atomic E-state index is 13.4. The Morgan fingerprint density at radius 2 is 1.67 bits per heavy atom. The van der Waals surface area contributed by atoms with Gasteiger partial charge in [0.15, 0.2) is 5.82 Å². The molecular weight excluding hydrogens is 582 g/mol. The van der Waals surface area contributed by atoms with Gasteiger partial charge in [-0.05, 0) is 38.0 Å². The second kappa shape index (κ2) is 19.0. The number of carboxylic acids is 2. The van der Waals surface area contributed by atoms with Gasteiger partial charge in [-0.1, -0.05) is 37.6 Å². The first-order chi connectivity index (χ1) is 21.1. The molecule has 1 heterocycles. The minimum absolute atomic E-state index is 0.0164. The highest BCUT2D eigenvalue weighted by Gasteiger charge is 2.17. The molecule has 0 atom stereocenters. The van der Waals surface area contributed by atoms with Gasteiger partial charge in [0.1, 0.15) is 18.1 Å². The second-order valence-corrected chi connectivity index (χ2v) is 10.1. The van der Waals surface area contributed by atoms with Gasteiger partial charge in [0.25, 0.3) is 17.5 Å². The van der Waals surface area contributed by atoms with Crippen molar-refractivity contribution in [3.05, 3.63) is 70.1 Å². The van der Waals surface area contributed by atoms with Gasteiger partial charge in [0.05, 0.1) is 18.5 Å². The monoisotopic (exact) mass is 625 g/mol. The average molecular weight is 626 g/mol. The number of nitrogens with one attached hydrogen (secondary N) is 3. The summed E-state index contributed by atoms with van der Waals surface area (Å²) in [6.07, 6.45) is 3.47. The maximum Gasteiger partial charge on any atom is 0.300 e. The highest BCUT2D eigenvalue weighted by atomic mass is 16.5. The molecule has 0 radical (unpaired) electrons. The van der Waals surface area contributed by atoms with Crippen molar-refractivity contribution in [3.63, 3.8) is 0 Å². The molecule has 14 nitrogen and oxygen atoms in total. The molecule has 3 rings (SSSR count). The van der Waals surface area contributed by atoms with Crippen molar-refractivity contribution in [1.29, 1.82) is 5.41 Å². The van der Waals surface area contributed by atoms with Crippen LogP contribution < -0.4 is 32.4 Å². The van der Waals surface area contributed by atoms with Gasteiger partial charge < -0.3 is 37.1 Å². The van der Waals surface area contributed by atoms with Crippen LogP contribution in [0.1, 0.15) is 58.6 Å². The Balaban J connectivity index is 0.00000113. The molecule has 0 saturated carbocycles. The van der Waals surface area contributed by atoms with E-state index in [4.69, 9.17) is 41.4 Å². The Morgan fingerprint density at radius 3 is 2.20 bits per heavy atom. The molecule has 0 saturated heterocycles. The number of anilines is 2. The summed E-state index contributed by atoms with van der Waals surface area (Å²) in [4.78, 5) is 48.6. The van der Waals surface area contributed by atoms with Crippen molar-refractivity contribution in [2.45, 2.75) is 66.6 Å². The third-order valence-electron chi connectivity index (χ3n) is 5.53. The molecule has 0 spiro atoms. The van der Waals surface area contributed by atoms with Gasteiger partial charge in [0, 0.05) is 49.3 Å². The van der Waals surface area contributed by atoms with E-state index in [-0.39, 0.29) is 36.7 Å². The molecule has 2 aromatic carbocycles. The molecule has 0 fully saturated rings. The molecule has 0 aliphatic heterocycles. The van der Waals surface area contributed by atoms with E-state index in [0.717, 1.165) is 32.3 Å². The van der Waals surface area contributed by atoms with Crippen LogP contribution in [0, 0.1) is 5.41 Å². The number of unbranched alkanes of at least 4 members (excludes halogenated alkanes) is 1. The van der Waals surface area contributed by atoms with Crippen molar-refractivity contribution < 1.29 is 29.3 Å². The number of nitrogens with two attached hydrogens (primary N) is 2. The molecule has 0 aliphatic carbocycles. The summed E-state index contributed by atoms with van der Waals surface area (Å²) in [5.41, 5.74) is 14.2. The van der Waals surface area contributed by atoms with Crippen molar-refractivity contribution in [2.75, 3.05) is 17.7 Å². The number of nitrogen functional groups attached to an aromatic ring is 2. The Morgan fingerprint density at radius 1 is 1.07 bits per heavy atom. The van der Waals surface area contributed by atoms with E-state index in [9.17, 15) is 9.59 Å². The fraction of sp³-hybridized carbons (Fsp3) is 0.355. The molecule has 14 heteroatoms. The number of amides is 1. The number of ether oxygens (including phenoxy) is 1. The minimum atomic E-state index is -0.833.